The van der Waals surface area contributed by atoms with Crippen molar-refractivity contribution < 1.29 is 37.7 Å². The molecule has 2 heteroatoms. The molecule has 0 bridgehead atoms. The second-order valence-corrected chi connectivity index (χ2v) is 9.84. The molecule has 0 saturated heterocycles. The van der Waals surface area contributed by atoms with Gasteiger partial charge in [0.2, 0.25) is 0 Å². The van der Waals surface area contributed by atoms with Crippen LogP contribution in [0.5, 0.6) is 0 Å². The Morgan fingerprint density at radius 2 is 1.04 bits per heavy atom. The van der Waals surface area contributed by atoms with Crippen molar-refractivity contribution in [2.24, 2.45) is 34.5 Å². The third-order valence-electron chi connectivity index (χ3n) is 8.55. The molecule has 4 atom stereocenters. The van der Waals surface area contributed by atoms with E-state index in [2.05, 4.69) is 41.5 Å². The standard InChI is InChI=1S/C22H38.2Li/c1-15(2)17-7-9-19(13-17)21(5)11-12-22(21,6)20-10-8-18(14-20)16(3)4;;/h15-16,19-20H,7-14H2,1-6H3;;/q-2;2*+1/t19?,20?,21-,22+;;. The summed E-state index contributed by atoms with van der Waals surface area (Å²) in [4.78, 5) is 0. The second-order valence-electron chi connectivity index (χ2n) is 9.84. The zero-order valence-electron chi connectivity index (χ0n) is 18.0. The van der Waals surface area contributed by atoms with E-state index in [1.54, 1.807) is 0 Å². The minimum Gasteiger partial charge on any atom is -0.311 e. The molecular weight excluding hydrogens is 278 g/mol. The fraction of sp³-hybridized carbons (Fsp3) is 0.909. The molecule has 0 spiro atoms. The molecule has 0 aromatic rings. The summed E-state index contributed by atoms with van der Waals surface area (Å²) in [5, 5.41) is 0. The van der Waals surface area contributed by atoms with Gasteiger partial charge in [-0.1, -0.05) is 66.2 Å². The first-order valence-corrected chi connectivity index (χ1v) is 9.97. The molecule has 128 valence electrons. The first-order chi connectivity index (χ1) is 10.3. The molecular formula is C22H38Li2. The van der Waals surface area contributed by atoms with Gasteiger partial charge in [0.05, 0.1) is 0 Å². The van der Waals surface area contributed by atoms with E-state index in [4.69, 9.17) is 0 Å². The Balaban J connectivity index is 0.00000144. The molecule has 3 saturated carbocycles. The van der Waals surface area contributed by atoms with Gasteiger partial charge in [0.15, 0.2) is 0 Å². The summed E-state index contributed by atoms with van der Waals surface area (Å²) < 4.78 is 0. The van der Waals surface area contributed by atoms with Crippen LogP contribution in [-0.2, 0) is 0 Å². The zero-order chi connectivity index (χ0) is 16.1. The van der Waals surface area contributed by atoms with E-state index in [1.165, 1.54) is 51.4 Å². The van der Waals surface area contributed by atoms with Gasteiger partial charge >= 0.3 is 37.7 Å². The maximum Gasteiger partial charge on any atom is 1.00 e. The van der Waals surface area contributed by atoms with Crippen LogP contribution in [0.25, 0.3) is 0 Å². The van der Waals surface area contributed by atoms with Gasteiger partial charge in [-0.2, -0.15) is 37.5 Å². The summed E-state index contributed by atoms with van der Waals surface area (Å²) in [6.45, 7) is 14.9. The molecule has 3 aliphatic carbocycles. The molecule has 0 aliphatic heterocycles. The Kier molecular flexibility index (Phi) is 8.20. The maximum absolute atomic E-state index is 2.66. The first-order valence-electron chi connectivity index (χ1n) is 9.97. The summed E-state index contributed by atoms with van der Waals surface area (Å²) in [5.41, 5.74) is 1.25. The monoisotopic (exact) mass is 316 g/mol. The second kappa shape index (κ2) is 8.47. The van der Waals surface area contributed by atoms with Gasteiger partial charge < -0.3 is 11.8 Å². The van der Waals surface area contributed by atoms with Crippen LogP contribution in [-0.4, -0.2) is 0 Å². The van der Waals surface area contributed by atoms with Crippen molar-refractivity contribution in [2.75, 3.05) is 0 Å². The molecule has 3 rings (SSSR count). The fourth-order valence-corrected chi connectivity index (χ4v) is 6.15. The summed E-state index contributed by atoms with van der Waals surface area (Å²) >= 11 is 0. The van der Waals surface area contributed by atoms with Crippen molar-refractivity contribution in [1.82, 2.24) is 0 Å². The Morgan fingerprint density at radius 3 is 1.25 bits per heavy atom. The summed E-state index contributed by atoms with van der Waals surface area (Å²) in [7, 11) is 0. The molecule has 3 aliphatic rings. The largest absolute Gasteiger partial charge is 1.00 e. The third kappa shape index (κ3) is 3.75. The van der Waals surface area contributed by atoms with Gasteiger partial charge in [-0.05, 0) is 23.7 Å². The van der Waals surface area contributed by atoms with Crippen LogP contribution in [0, 0.1) is 46.3 Å². The van der Waals surface area contributed by atoms with Crippen LogP contribution in [0.15, 0.2) is 0 Å². The van der Waals surface area contributed by atoms with Crippen molar-refractivity contribution >= 4 is 0 Å². The Morgan fingerprint density at radius 1 is 0.708 bits per heavy atom. The quantitative estimate of drug-likeness (QED) is 0.533. The van der Waals surface area contributed by atoms with Crippen LogP contribution < -0.4 is 37.7 Å². The van der Waals surface area contributed by atoms with Gasteiger partial charge in [0.1, 0.15) is 0 Å². The van der Waals surface area contributed by atoms with Crippen LogP contribution >= 0.6 is 0 Å². The summed E-state index contributed by atoms with van der Waals surface area (Å²) in [6.07, 6.45) is 11.7. The maximum atomic E-state index is 2.66. The first kappa shape index (κ1) is 23.2. The zero-order valence-corrected chi connectivity index (χ0v) is 18.0. The molecule has 3 fully saturated rings. The molecule has 0 heterocycles. The van der Waals surface area contributed by atoms with Crippen LogP contribution in [0.4, 0.5) is 0 Å². The average molecular weight is 316 g/mol. The van der Waals surface area contributed by atoms with E-state index >= 15 is 0 Å². The molecule has 0 aromatic heterocycles. The van der Waals surface area contributed by atoms with E-state index < -0.39 is 0 Å². The van der Waals surface area contributed by atoms with Crippen molar-refractivity contribution in [3.8, 4) is 0 Å². The topological polar surface area (TPSA) is 0 Å². The number of hydrogen-bond acceptors (Lipinski definition) is 0. The fourth-order valence-electron chi connectivity index (χ4n) is 6.15. The molecule has 0 aromatic carbocycles. The minimum atomic E-state index is 0. The van der Waals surface area contributed by atoms with Crippen molar-refractivity contribution in [1.29, 1.82) is 0 Å². The molecule has 0 radical (unpaired) electrons. The molecule has 0 amide bonds. The van der Waals surface area contributed by atoms with Crippen LogP contribution in [0.2, 0.25) is 0 Å². The molecule has 24 heavy (non-hydrogen) atoms. The molecule has 2 unspecified atom stereocenters. The Hall–Kier alpha value is 1.19. The van der Waals surface area contributed by atoms with Crippen molar-refractivity contribution in [3.05, 3.63) is 11.8 Å². The van der Waals surface area contributed by atoms with E-state index in [9.17, 15) is 0 Å². The smallest absolute Gasteiger partial charge is 0.311 e. The number of hydrogen-bond donors (Lipinski definition) is 0. The van der Waals surface area contributed by atoms with Crippen LogP contribution in [0.1, 0.15) is 92.9 Å². The van der Waals surface area contributed by atoms with Crippen molar-refractivity contribution in [3.63, 3.8) is 0 Å². The van der Waals surface area contributed by atoms with Gasteiger partial charge in [-0.25, -0.2) is 0 Å². The van der Waals surface area contributed by atoms with E-state index in [1.807, 2.05) is 11.8 Å². The normalized spacial score (nSPS) is 40.5. The van der Waals surface area contributed by atoms with Gasteiger partial charge in [0.25, 0.3) is 0 Å². The van der Waals surface area contributed by atoms with Gasteiger partial charge in [-0.15, -0.1) is 0 Å². The summed E-state index contributed by atoms with van der Waals surface area (Å²) in [5.74, 6) is 7.31. The molecule has 0 nitrogen and oxygen atoms in total. The third-order valence-corrected chi connectivity index (χ3v) is 8.55. The Bertz CT molecular complexity index is 367. The van der Waals surface area contributed by atoms with E-state index in [0.29, 0.717) is 10.8 Å². The van der Waals surface area contributed by atoms with Gasteiger partial charge in [0, 0.05) is 0 Å². The SMILES string of the molecule is CC(C)[C-]1CCC([C@]2(C)CC[C@]2(C)C2CC[C-](C(C)C)C2)C1.[Li+].[Li+]. The predicted molar refractivity (Wildman–Crippen MR) is 96.3 cm³/mol. The van der Waals surface area contributed by atoms with E-state index in [-0.39, 0.29) is 37.7 Å². The average Bonchev–Trinajstić information content (AvgIpc) is 3.13. The predicted octanol–water partition coefficient (Wildman–Crippen LogP) is 0.862. The minimum absolute atomic E-state index is 0. The Labute approximate surface area is 176 Å². The number of rotatable bonds is 4. The van der Waals surface area contributed by atoms with Crippen LogP contribution in [0.3, 0.4) is 0 Å². The van der Waals surface area contributed by atoms with E-state index in [0.717, 1.165) is 23.7 Å². The van der Waals surface area contributed by atoms with Crippen molar-refractivity contribution in [2.45, 2.75) is 92.9 Å². The summed E-state index contributed by atoms with van der Waals surface area (Å²) in [6, 6.07) is 0. The van der Waals surface area contributed by atoms with Gasteiger partial charge in [-0.3, -0.25) is 0 Å². The molecule has 0 N–H and O–H groups in total.